The number of nitrogens with two attached hydrogens (primary N) is 1. The molecule has 0 aromatic heterocycles. The molecule has 6 heteroatoms. The van der Waals surface area contributed by atoms with Gasteiger partial charge in [-0.25, -0.2) is 8.42 Å². The Morgan fingerprint density at radius 3 is 2.72 bits per heavy atom. The predicted octanol–water partition coefficient (Wildman–Crippen LogP) is 0.804. The van der Waals surface area contributed by atoms with Crippen molar-refractivity contribution in [3.63, 3.8) is 0 Å². The monoisotopic (exact) mass is 270 g/mol. The van der Waals surface area contributed by atoms with Gasteiger partial charge in [-0.3, -0.25) is 0 Å². The summed E-state index contributed by atoms with van der Waals surface area (Å²) in [5.74, 6) is 0. The first-order valence-corrected chi connectivity index (χ1v) is 7.48. The Morgan fingerprint density at radius 1 is 1.33 bits per heavy atom. The quantitative estimate of drug-likeness (QED) is 0.796. The summed E-state index contributed by atoms with van der Waals surface area (Å²) in [6.45, 7) is 0.299. The third kappa shape index (κ3) is 2.36. The fourth-order valence-corrected chi connectivity index (χ4v) is 4.12. The molecular weight excluding hydrogens is 252 g/mol. The van der Waals surface area contributed by atoms with Crippen LogP contribution in [-0.4, -0.2) is 37.0 Å². The number of nitrogens with zero attached hydrogens (tertiary/aromatic N) is 1. The summed E-state index contributed by atoms with van der Waals surface area (Å²) in [7, 11) is -3.61. The van der Waals surface area contributed by atoms with Crippen LogP contribution in [0, 0.1) is 0 Å². The molecule has 0 radical (unpaired) electrons. The molecule has 1 unspecified atom stereocenters. The molecule has 0 amide bonds. The first-order valence-electron chi connectivity index (χ1n) is 6.04. The minimum Gasteiger partial charge on any atom is -0.398 e. The molecule has 1 aromatic rings. The molecule has 18 heavy (non-hydrogen) atoms. The van der Waals surface area contributed by atoms with Crippen LogP contribution in [0.3, 0.4) is 0 Å². The fraction of sp³-hybridized carbons (Fsp3) is 0.500. The number of rotatable bonds is 3. The molecule has 1 heterocycles. The Bertz CT molecular complexity index is 516. The van der Waals surface area contributed by atoms with Crippen molar-refractivity contribution in [1.29, 1.82) is 0 Å². The van der Waals surface area contributed by atoms with E-state index in [4.69, 9.17) is 5.73 Å². The van der Waals surface area contributed by atoms with Crippen LogP contribution in [0.15, 0.2) is 29.2 Å². The van der Waals surface area contributed by atoms with Crippen molar-refractivity contribution in [2.45, 2.75) is 30.2 Å². The van der Waals surface area contributed by atoms with Gasteiger partial charge >= 0.3 is 0 Å². The highest BCUT2D eigenvalue weighted by molar-refractivity contribution is 7.89. The third-order valence-electron chi connectivity index (χ3n) is 3.29. The lowest BCUT2D eigenvalue weighted by atomic mass is 10.1. The number of hydrogen-bond acceptors (Lipinski definition) is 4. The summed E-state index contributed by atoms with van der Waals surface area (Å²) in [5.41, 5.74) is 5.98. The fourth-order valence-electron chi connectivity index (χ4n) is 2.31. The van der Waals surface area contributed by atoms with E-state index >= 15 is 0 Å². The Kier molecular flexibility index (Phi) is 3.89. The van der Waals surface area contributed by atoms with Crippen molar-refractivity contribution in [1.82, 2.24) is 4.31 Å². The number of sulfonamides is 1. The smallest absolute Gasteiger partial charge is 0.245 e. The van der Waals surface area contributed by atoms with E-state index in [-0.39, 0.29) is 23.2 Å². The van der Waals surface area contributed by atoms with Crippen molar-refractivity contribution in [3.8, 4) is 0 Å². The molecule has 1 atom stereocenters. The lowest BCUT2D eigenvalue weighted by Crippen LogP contribution is -2.45. The van der Waals surface area contributed by atoms with Crippen molar-refractivity contribution in [3.05, 3.63) is 24.3 Å². The molecule has 0 aliphatic carbocycles. The highest BCUT2D eigenvalue weighted by atomic mass is 32.2. The van der Waals surface area contributed by atoms with Crippen LogP contribution in [0.4, 0.5) is 5.69 Å². The molecule has 0 bridgehead atoms. The lowest BCUT2D eigenvalue weighted by molar-refractivity contribution is 0.155. The summed E-state index contributed by atoms with van der Waals surface area (Å²) in [4.78, 5) is 0.130. The van der Waals surface area contributed by atoms with Gasteiger partial charge in [0.1, 0.15) is 4.90 Å². The largest absolute Gasteiger partial charge is 0.398 e. The van der Waals surface area contributed by atoms with E-state index in [1.54, 1.807) is 18.2 Å². The van der Waals surface area contributed by atoms with Gasteiger partial charge in [0.05, 0.1) is 12.3 Å². The number of piperidine rings is 1. The van der Waals surface area contributed by atoms with Gasteiger partial charge in [0.2, 0.25) is 10.0 Å². The SMILES string of the molecule is Nc1ccccc1S(=O)(=O)N1CCCCC1CO. The Hall–Kier alpha value is -1.11. The van der Waals surface area contributed by atoms with Crippen molar-refractivity contribution < 1.29 is 13.5 Å². The van der Waals surface area contributed by atoms with Gasteiger partial charge in [-0.05, 0) is 25.0 Å². The van der Waals surface area contributed by atoms with Gasteiger partial charge in [0.25, 0.3) is 0 Å². The van der Waals surface area contributed by atoms with Crippen molar-refractivity contribution in [2.24, 2.45) is 0 Å². The van der Waals surface area contributed by atoms with Gasteiger partial charge < -0.3 is 10.8 Å². The van der Waals surface area contributed by atoms with E-state index in [0.717, 1.165) is 12.8 Å². The maximum Gasteiger partial charge on any atom is 0.245 e. The first kappa shape index (κ1) is 13.3. The third-order valence-corrected chi connectivity index (χ3v) is 5.32. The number of aliphatic hydroxyl groups excluding tert-OH is 1. The summed E-state index contributed by atoms with van der Waals surface area (Å²) >= 11 is 0. The predicted molar refractivity (Wildman–Crippen MR) is 69.5 cm³/mol. The standard InChI is InChI=1S/C12H18N2O3S/c13-11-6-1-2-7-12(11)18(16,17)14-8-4-3-5-10(14)9-15/h1-2,6-7,10,15H,3-5,8-9,13H2. The van der Waals surface area contributed by atoms with Crippen LogP contribution in [0.25, 0.3) is 0 Å². The summed E-state index contributed by atoms with van der Waals surface area (Å²) in [6, 6.07) is 6.11. The molecule has 2 rings (SSSR count). The van der Waals surface area contributed by atoms with Crippen LogP contribution in [0.5, 0.6) is 0 Å². The Morgan fingerprint density at radius 2 is 2.06 bits per heavy atom. The van der Waals surface area contributed by atoms with Crippen LogP contribution in [0.1, 0.15) is 19.3 Å². The lowest BCUT2D eigenvalue weighted by Gasteiger charge is -2.33. The second-order valence-corrected chi connectivity index (χ2v) is 6.34. The van der Waals surface area contributed by atoms with E-state index in [1.807, 2.05) is 0 Å². The Balaban J connectivity index is 2.39. The second-order valence-electron chi connectivity index (χ2n) is 4.49. The molecule has 0 spiro atoms. The molecule has 1 fully saturated rings. The van der Waals surface area contributed by atoms with E-state index < -0.39 is 10.0 Å². The highest BCUT2D eigenvalue weighted by Gasteiger charge is 2.33. The average molecular weight is 270 g/mol. The van der Waals surface area contributed by atoms with Crippen molar-refractivity contribution >= 4 is 15.7 Å². The molecule has 1 aromatic carbocycles. The van der Waals surface area contributed by atoms with E-state index in [1.165, 1.54) is 10.4 Å². The second kappa shape index (κ2) is 5.26. The molecule has 1 saturated heterocycles. The number of nitrogen functional groups attached to an aromatic ring is 1. The number of anilines is 1. The maximum atomic E-state index is 12.5. The molecule has 1 aliphatic heterocycles. The number of aliphatic hydroxyl groups is 1. The number of para-hydroxylation sites is 1. The van der Waals surface area contributed by atoms with Gasteiger partial charge in [-0.2, -0.15) is 4.31 Å². The molecular formula is C12H18N2O3S. The average Bonchev–Trinajstić information content (AvgIpc) is 2.39. The van der Waals surface area contributed by atoms with E-state index in [0.29, 0.717) is 13.0 Å². The molecule has 5 nitrogen and oxygen atoms in total. The first-order chi connectivity index (χ1) is 8.57. The normalized spacial score (nSPS) is 21.9. The van der Waals surface area contributed by atoms with E-state index in [9.17, 15) is 13.5 Å². The summed E-state index contributed by atoms with van der Waals surface area (Å²) < 4.78 is 26.4. The zero-order valence-electron chi connectivity index (χ0n) is 10.1. The van der Waals surface area contributed by atoms with Crippen LogP contribution in [-0.2, 0) is 10.0 Å². The van der Waals surface area contributed by atoms with Crippen molar-refractivity contribution in [2.75, 3.05) is 18.9 Å². The van der Waals surface area contributed by atoms with E-state index in [2.05, 4.69) is 0 Å². The number of hydrogen-bond donors (Lipinski definition) is 2. The van der Waals surface area contributed by atoms with Crippen LogP contribution >= 0.6 is 0 Å². The zero-order chi connectivity index (χ0) is 13.2. The minimum atomic E-state index is -3.61. The minimum absolute atomic E-state index is 0.130. The zero-order valence-corrected chi connectivity index (χ0v) is 10.9. The Labute approximate surface area is 107 Å². The van der Waals surface area contributed by atoms with Crippen LogP contribution in [0.2, 0.25) is 0 Å². The summed E-state index contributed by atoms with van der Waals surface area (Å²) in [6.07, 6.45) is 2.46. The van der Waals surface area contributed by atoms with Gasteiger partial charge in [0, 0.05) is 12.6 Å². The number of benzene rings is 1. The topological polar surface area (TPSA) is 83.6 Å². The summed E-state index contributed by atoms with van der Waals surface area (Å²) in [5, 5.41) is 9.30. The molecule has 100 valence electrons. The molecule has 1 aliphatic rings. The highest BCUT2D eigenvalue weighted by Crippen LogP contribution is 2.27. The maximum absolute atomic E-state index is 12.5. The van der Waals surface area contributed by atoms with Crippen LogP contribution < -0.4 is 5.73 Å². The van der Waals surface area contributed by atoms with Gasteiger partial charge in [0.15, 0.2) is 0 Å². The van der Waals surface area contributed by atoms with Gasteiger partial charge in [-0.1, -0.05) is 18.6 Å². The molecule has 0 saturated carbocycles. The van der Waals surface area contributed by atoms with Gasteiger partial charge in [-0.15, -0.1) is 0 Å². The molecule has 3 N–H and O–H groups in total.